The lowest BCUT2D eigenvalue weighted by Crippen LogP contribution is -2.37. The van der Waals surface area contributed by atoms with Gasteiger partial charge in [-0.15, -0.1) is 0 Å². The smallest absolute Gasteiger partial charge is 0.222 e. The molecule has 1 aromatic carbocycles. The molecule has 20 heavy (non-hydrogen) atoms. The van der Waals surface area contributed by atoms with Crippen molar-refractivity contribution in [2.24, 2.45) is 10.7 Å². The van der Waals surface area contributed by atoms with Crippen molar-refractivity contribution in [1.82, 2.24) is 10.2 Å². The molecule has 0 heterocycles. The van der Waals surface area contributed by atoms with E-state index in [9.17, 15) is 4.79 Å². The molecule has 0 aliphatic carbocycles. The van der Waals surface area contributed by atoms with E-state index in [0.717, 1.165) is 18.7 Å². The van der Waals surface area contributed by atoms with Crippen molar-refractivity contribution < 1.29 is 4.79 Å². The van der Waals surface area contributed by atoms with Gasteiger partial charge in [-0.25, -0.2) is 0 Å². The molecule has 0 unspecified atom stereocenters. The first-order valence-electron chi connectivity index (χ1n) is 7.02. The first-order chi connectivity index (χ1) is 9.67. The van der Waals surface area contributed by atoms with Crippen LogP contribution in [0.1, 0.15) is 25.8 Å². The standard InChI is InChI=1S/C15H24N4O/c1-3-19(4-2)15(16)17-11-10-14(20)18-12-13-8-6-5-7-9-13/h5-9H,3-4,10-12H2,1-2H3,(H2,16,17)(H,18,20). The number of carbonyl (C=O) groups excluding carboxylic acids is 1. The molecule has 1 aromatic rings. The van der Waals surface area contributed by atoms with Gasteiger partial charge in [-0.2, -0.15) is 0 Å². The van der Waals surface area contributed by atoms with Crippen LogP contribution in [0.2, 0.25) is 0 Å². The largest absolute Gasteiger partial charge is 0.370 e. The zero-order chi connectivity index (χ0) is 14.8. The SMILES string of the molecule is CCN(CC)C(N)=NCCC(=O)NCc1ccccc1. The third-order valence-corrected chi connectivity index (χ3v) is 3.03. The van der Waals surface area contributed by atoms with Gasteiger partial charge >= 0.3 is 0 Å². The molecule has 0 radical (unpaired) electrons. The number of nitrogens with zero attached hydrogens (tertiary/aromatic N) is 2. The highest BCUT2D eigenvalue weighted by Gasteiger charge is 2.03. The summed E-state index contributed by atoms with van der Waals surface area (Å²) in [6, 6.07) is 9.83. The molecule has 0 fully saturated rings. The first kappa shape index (κ1) is 16.0. The summed E-state index contributed by atoms with van der Waals surface area (Å²) in [5.41, 5.74) is 6.92. The van der Waals surface area contributed by atoms with Crippen LogP contribution in [-0.2, 0) is 11.3 Å². The number of guanidine groups is 1. The lowest BCUT2D eigenvalue weighted by molar-refractivity contribution is -0.121. The number of benzene rings is 1. The van der Waals surface area contributed by atoms with Crippen LogP contribution in [0.3, 0.4) is 0 Å². The second-order valence-corrected chi connectivity index (χ2v) is 4.42. The van der Waals surface area contributed by atoms with Crippen LogP contribution < -0.4 is 11.1 Å². The third-order valence-electron chi connectivity index (χ3n) is 3.03. The molecular weight excluding hydrogens is 252 g/mol. The van der Waals surface area contributed by atoms with Crippen molar-refractivity contribution in [2.75, 3.05) is 19.6 Å². The summed E-state index contributed by atoms with van der Waals surface area (Å²) >= 11 is 0. The maximum atomic E-state index is 11.7. The van der Waals surface area contributed by atoms with Crippen molar-refractivity contribution in [2.45, 2.75) is 26.8 Å². The number of aliphatic imine (C=N–C) groups is 1. The van der Waals surface area contributed by atoms with Crippen LogP contribution in [0.25, 0.3) is 0 Å². The van der Waals surface area contributed by atoms with Gasteiger partial charge in [0, 0.05) is 26.1 Å². The highest BCUT2D eigenvalue weighted by atomic mass is 16.1. The van der Waals surface area contributed by atoms with Crippen LogP contribution in [-0.4, -0.2) is 36.4 Å². The molecule has 110 valence electrons. The van der Waals surface area contributed by atoms with Crippen LogP contribution in [0.5, 0.6) is 0 Å². The maximum Gasteiger partial charge on any atom is 0.222 e. The zero-order valence-electron chi connectivity index (χ0n) is 12.3. The number of hydrogen-bond donors (Lipinski definition) is 2. The normalized spacial score (nSPS) is 11.2. The third kappa shape index (κ3) is 5.73. The Kier molecular flexibility index (Phi) is 7.17. The second kappa shape index (κ2) is 8.96. The van der Waals surface area contributed by atoms with E-state index in [1.807, 2.05) is 49.1 Å². The Morgan fingerprint density at radius 1 is 1.25 bits per heavy atom. The highest BCUT2D eigenvalue weighted by molar-refractivity contribution is 5.79. The molecule has 1 rings (SSSR count). The quantitative estimate of drug-likeness (QED) is 0.583. The number of nitrogens with one attached hydrogen (secondary N) is 1. The van der Waals surface area contributed by atoms with Crippen molar-refractivity contribution in [3.63, 3.8) is 0 Å². The molecule has 5 heteroatoms. The van der Waals surface area contributed by atoms with E-state index in [4.69, 9.17) is 5.73 Å². The van der Waals surface area contributed by atoms with Gasteiger partial charge in [-0.1, -0.05) is 30.3 Å². The van der Waals surface area contributed by atoms with E-state index in [-0.39, 0.29) is 5.91 Å². The van der Waals surface area contributed by atoms with Crippen LogP contribution >= 0.6 is 0 Å². The summed E-state index contributed by atoms with van der Waals surface area (Å²) in [7, 11) is 0. The lowest BCUT2D eigenvalue weighted by Gasteiger charge is -2.19. The van der Waals surface area contributed by atoms with Gasteiger partial charge in [0.2, 0.25) is 5.91 Å². The minimum Gasteiger partial charge on any atom is -0.370 e. The van der Waals surface area contributed by atoms with Crippen LogP contribution in [0.15, 0.2) is 35.3 Å². The lowest BCUT2D eigenvalue weighted by atomic mass is 10.2. The molecule has 5 nitrogen and oxygen atoms in total. The minimum absolute atomic E-state index is 0.00931. The topological polar surface area (TPSA) is 70.7 Å². The average molecular weight is 276 g/mol. The van der Waals surface area contributed by atoms with E-state index in [1.54, 1.807) is 0 Å². The van der Waals surface area contributed by atoms with Crippen molar-refractivity contribution in [3.05, 3.63) is 35.9 Å². The minimum atomic E-state index is -0.00931. The van der Waals surface area contributed by atoms with Crippen molar-refractivity contribution in [1.29, 1.82) is 0 Å². The van der Waals surface area contributed by atoms with Gasteiger partial charge in [0.05, 0.1) is 6.54 Å². The van der Waals surface area contributed by atoms with Gasteiger partial charge in [-0.3, -0.25) is 9.79 Å². The van der Waals surface area contributed by atoms with Gasteiger partial charge < -0.3 is 16.0 Å². The van der Waals surface area contributed by atoms with E-state index < -0.39 is 0 Å². The van der Waals surface area contributed by atoms with E-state index in [2.05, 4.69) is 10.3 Å². The van der Waals surface area contributed by atoms with Crippen molar-refractivity contribution >= 4 is 11.9 Å². The Morgan fingerprint density at radius 2 is 1.90 bits per heavy atom. The molecule has 0 aromatic heterocycles. The molecule has 0 aliphatic rings. The summed E-state index contributed by atoms with van der Waals surface area (Å²) in [5.74, 6) is 0.496. The average Bonchev–Trinajstić information content (AvgIpc) is 2.47. The van der Waals surface area contributed by atoms with Gasteiger partial charge in [0.15, 0.2) is 5.96 Å². The summed E-state index contributed by atoms with van der Waals surface area (Å²) in [6.45, 7) is 6.67. The Morgan fingerprint density at radius 3 is 2.50 bits per heavy atom. The van der Waals surface area contributed by atoms with Gasteiger partial charge in [0.25, 0.3) is 0 Å². The van der Waals surface area contributed by atoms with E-state index >= 15 is 0 Å². The Balaban J connectivity index is 2.28. The number of amides is 1. The number of hydrogen-bond acceptors (Lipinski definition) is 2. The molecule has 0 aliphatic heterocycles. The van der Waals surface area contributed by atoms with Gasteiger partial charge in [-0.05, 0) is 19.4 Å². The zero-order valence-corrected chi connectivity index (χ0v) is 12.3. The Bertz CT molecular complexity index is 427. The number of nitrogens with two attached hydrogens (primary N) is 1. The predicted octanol–water partition coefficient (Wildman–Crippen LogP) is 1.35. The fraction of sp³-hybridized carbons (Fsp3) is 0.467. The predicted molar refractivity (Wildman–Crippen MR) is 82.3 cm³/mol. The van der Waals surface area contributed by atoms with E-state index in [1.165, 1.54) is 0 Å². The maximum absolute atomic E-state index is 11.7. The summed E-state index contributed by atoms with van der Waals surface area (Å²) in [6.07, 6.45) is 0.356. The Hall–Kier alpha value is -2.04. The number of rotatable bonds is 7. The molecule has 0 atom stereocenters. The second-order valence-electron chi connectivity index (χ2n) is 4.42. The molecule has 3 N–H and O–H groups in total. The monoisotopic (exact) mass is 276 g/mol. The highest BCUT2D eigenvalue weighted by Crippen LogP contribution is 1.97. The molecule has 0 saturated heterocycles. The van der Waals surface area contributed by atoms with Crippen LogP contribution in [0, 0.1) is 0 Å². The summed E-state index contributed by atoms with van der Waals surface area (Å²) in [4.78, 5) is 17.9. The molecule has 0 spiro atoms. The fourth-order valence-electron chi connectivity index (χ4n) is 1.80. The first-order valence-corrected chi connectivity index (χ1v) is 7.02. The number of carbonyl (C=O) groups is 1. The van der Waals surface area contributed by atoms with Crippen LogP contribution in [0.4, 0.5) is 0 Å². The fourth-order valence-corrected chi connectivity index (χ4v) is 1.80. The van der Waals surface area contributed by atoms with Crippen molar-refractivity contribution in [3.8, 4) is 0 Å². The molecule has 0 bridgehead atoms. The summed E-state index contributed by atoms with van der Waals surface area (Å²) in [5, 5.41) is 2.87. The van der Waals surface area contributed by atoms with E-state index in [0.29, 0.717) is 25.5 Å². The molecular formula is C15H24N4O. The summed E-state index contributed by atoms with van der Waals surface area (Å²) < 4.78 is 0. The van der Waals surface area contributed by atoms with Gasteiger partial charge in [0.1, 0.15) is 0 Å². The molecule has 0 saturated carbocycles. The molecule has 1 amide bonds. The Labute approximate surface area is 120 Å².